The normalized spacial score (nSPS) is 26.8. The van der Waals surface area contributed by atoms with Crippen molar-refractivity contribution >= 4 is 37.5 Å². The first kappa shape index (κ1) is 32.4. The van der Waals surface area contributed by atoms with Gasteiger partial charge in [-0.2, -0.15) is 0 Å². The largest absolute Gasteiger partial charge is 0.443 e. The molecule has 2 saturated heterocycles. The number of fused-ring (bicyclic) bond motifs is 1. The van der Waals surface area contributed by atoms with Gasteiger partial charge in [0.25, 0.3) is 0 Å². The molecule has 4 atom stereocenters. The number of ether oxygens (including phenoxy) is 1. The smallest absolute Gasteiger partial charge is 0.325 e. The Hall–Kier alpha value is -1.55. The number of hydrogen-bond donors (Lipinski definition) is 1. The third-order valence-electron chi connectivity index (χ3n) is 9.32. The van der Waals surface area contributed by atoms with Crippen molar-refractivity contribution in [2.45, 2.75) is 102 Å². The number of carbonyl (C=O) groups excluding carboxylic acids is 1. The van der Waals surface area contributed by atoms with E-state index in [-0.39, 0.29) is 26.2 Å². The Morgan fingerprint density at radius 3 is 2.32 bits per heavy atom. The molecule has 4 rings (SSSR count). The predicted octanol–water partition coefficient (Wildman–Crippen LogP) is 7.99. The molecule has 2 fully saturated rings. The predicted molar refractivity (Wildman–Crippen MR) is 163 cm³/mol. The number of nitrogens with zero attached hydrogens (tertiary/aromatic N) is 1. The zero-order valence-electron chi connectivity index (χ0n) is 25.4. The molecule has 2 N–H and O–H groups in total. The van der Waals surface area contributed by atoms with E-state index in [9.17, 15) is 4.79 Å². The molecular weight excluding hydrogens is 585 g/mol. The zero-order valence-corrected chi connectivity index (χ0v) is 27.9. The van der Waals surface area contributed by atoms with Gasteiger partial charge in [0.1, 0.15) is 17.7 Å². The fourth-order valence-electron chi connectivity index (χ4n) is 6.19. The number of cyclic esters (lactones) is 1. The SMILES string of the molecule is CC(C)(CO[Si](C)(C)C(C)(C)C)CC1N2C(C(=O)OC2(C)C)C(c2cccc(Cl)c2F)C1(N)c1ccc(Cl)cc1F. The average molecular weight is 628 g/mol. The lowest BCUT2D eigenvalue weighted by Gasteiger charge is -2.46. The summed E-state index contributed by atoms with van der Waals surface area (Å²) in [7, 11) is -2.09. The second-order valence-corrected chi connectivity index (χ2v) is 20.0. The van der Waals surface area contributed by atoms with Crippen LogP contribution in [0.3, 0.4) is 0 Å². The quantitative estimate of drug-likeness (QED) is 0.249. The van der Waals surface area contributed by atoms with E-state index in [0.29, 0.717) is 13.0 Å². The van der Waals surface area contributed by atoms with Crippen molar-refractivity contribution in [3.63, 3.8) is 0 Å². The van der Waals surface area contributed by atoms with Crippen LogP contribution in [0, 0.1) is 17.0 Å². The standard InChI is InChI=1S/C31H42Cl2F2N2O3Si/c1-28(2,3)41(8,9)39-17-29(4,5)16-23-31(36,20-14-13-18(32)15-22(20)34)24(19-11-10-12-21(33)25(19)35)26-27(38)40-30(6,7)37(23)26/h10-15,23-24,26H,16-17,36H2,1-9H3. The van der Waals surface area contributed by atoms with Crippen LogP contribution in [0.2, 0.25) is 28.2 Å². The lowest BCUT2D eigenvalue weighted by molar-refractivity contribution is -0.153. The van der Waals surface area contributed by atoms with Gasteiger partial charge in [-0.1, -0.05) is 76.0 Å². The van der Waals surface area contributed by atoms with Crippen molar-refractivity contribution < 1.29 is 22.7 Å². The van der Waals surface area contributed by atoms with Crippen LogP contribution in [-0.2, 0) is 19.5 Å². The lowest BCUT2D eigenvalue weighted by atomic mass is 9.68. The molecule has 2 aromatic rings. The first-order valence-electron chi connectivity index (χ1n) is 14.0. The Labute approximate surface area is 253 Å². The molecule has 0 aliphatic carbocycles. The third-order valence-corrected chi connectivity index (χ3v) is 14.3. The molecular formula is C31H42Cl2F2N2O3Si. The molecule has 4 unspecified atom stereocenters. The van der Waals surface area contributed by atoms with Gasteiger partial charge in [-0.15, -0.1) is 0 Å². The molecule has 0 bridgehead atoms. The molecule has 0 amide bonds. The van der Waals surface area contributed by atoms with Gasteiger partial charge < -0.3 is 14.9 Å². The monoisotopic (exact) mass is 626 g/mol. The first-order chi connectivity index (χ1) is 18.6. The maximum Gasteiger partial charge on any atom is 0.325 e. The molecule has 0 radical (unpaired) electrons. The van der Waals surface area contributed by atoms with E-state index in [4.69, 9.17) is 38.1 Å². The molecule has 5 nitrogen and oxygen atoms in total. The van der Waals surface area contributed by atoms with Crippen LogP contribution in [0.25, 0.3) is 0 Å². The third kappa shape index (κ3) is 5.61. The fraction of sp³-hybridized carbons (Fsp3) is 0.581. The second-order valence-electron chi connectivity index (χ2n) is 14.3. The Balaban J connectivity index is 1.92. The minimum Gasteiger partial charge on any atom is -0.443 e. The van der Waals surface area contributed by atoms with E-state index in [2.05, 4.69) is 47.7 Å². The Bertz CT molecular complexity index is 1350. The van der Waals surface area contributed by atoms with E-state index in [1.165, 1.54) is 12.1 Å². The van der Waals surface area contributed by atoms with Crippen molar-refractivity contribution in [3.8, 4) is 0 Å². The Morgan fingerprint density at radius 1 is 1.10 bits per heavy atom. The highest BCUT2D eigenvalue weighted by Gasteiger charge is 2.69. The highest BCUT2D eigenvalue weighted by molar-refractivity contribution is 6.74. The van der Waals surface area contributed by atoms with Crippen LogP contribution >= 0.6 is 23.2 Å². The van der Waals surface area contributed by atoms with Gasteiger partial charge in [0.05, 0.1) is 10.6 Å². The van der Waals surface area contributed by atoms with Crippen molar-refractivity contribution in [2.24, 2.45) is 11.1 Å². The molecule has 2 aliphatic heterocycles. The van der Waals surface area contributed by atoms with Gasteiger partial charge in [-0.3, -0.25) is 4.79 Å². The number of nitrogens with two attached hydrogens (primary N) is 1. The van der Waals surface area contributed by atoms with Gasteiger partial charge in [-0.25, -0.2) is 13.7 Å². The van der Waals surface area contributed by atoms with Crippen LogP contribution in [0.5, 0.6) is 0 Å². The molecule has 226 valence electrons. The molecule has 2 heterocycles. The number of hydrogen-bond acceptors (Lipinski definition) is 5. The number of carbonyl (C=O) groups is 1. The highest BCUT2D eigenvalue weighted by atomic mass is 35.5. The minimum absolute atomic E-state index is 0.0119. The van der Waals surface area contributed by atoms with Gasteiger partial charge in [-0.05, 0) is 67.6 Å². The number of halogens is 4. The molecule has 2 aromatic carbocycles. The summed E-state index contributed by atoms with van der Waals surface area (Å²) in [6, 6.07) is 7.29. The van der Waals surface area contributed by atoms with Crippen molar-refractivity contribution in [1.29, 1.82) is 0 Å². The lowest BCUT2D eigenvalue weighted by Crippen LogP contribution is -2.57. The summed E-state index contributed by atoms with van der Waals surface area (Å²) in [5.41, 5.74) is 4.61. The molecule has 10 heteroatoms. The van der Waals surface area contributed by atoms with Gasteiger partial charge in [0, 0.05) is 29.2 Å². The van der Waals surface area contributed by atoms with E-state index < -0.39 is 60.6 Å². The summed E-state index contributed by atoms with van der Waals surface area (Å²) in [4.78, 5) is 15.5. The molecule has 0 aromatic heterocycles. The van der Waals surface area contributed by atoms with Gasteiger partial charge >= 0.3 is 5.97 Å². The van der Waals surface area contributed by atoms with Gasteiger partial charge in [0.15, 0.2) is 14.0 Å². The molecule has 2 aliphatic rings. The average Bonchev–Trinajstić information content (AvgIpc) is 3.21. The Kier molecular flexibility index (Phi) is 8.34. The van der Waals surface area contributed by atoms with E-state index in [1.54, 1.807) is 38.1 Å². The van der Waals surface area contributed by atoms with Crippen LogP contribution < -0.4 is 5.73 Å². The summed E-state index contributed by atoms with van der Waals surface area (Å²) in [5.74, 6) is -2.86. The zero-order chi connectivity index (χ0) is 30.9. The maximum absolute atomic E-state index is 15.9. The summed E-state index contributed by atoms with van der Waals surface area (Å²) < 4.78 is 44.2. The molecule has 0 saturated carbocycles. The summed E-state index contributed by atoms with van der Waals surface area (Å²) in [5, 5.41) is 0.112. The van der Waals surface area contributed by atoms with E-state index >= 15 is 8.78 Å². The van der Waals surface area contributed by atoms with E-state index in [1.807, 2.05) is 4.90 Å². The summed E-state index contributed by atoms with van der Waals surface area (Å²) in [6.07, 6.45) is 0.412. The number of rotatable bonds is 7. The fourth-order valence-corrected chi connectivity index (χ4v) is 7.72. The maximum atomic E-state index is 15.9. The second kappa shape index (κ2) is 10.6. The number of benzene rings is 2. The Morgan fingerprint density at radius 2 is 1.73 bits per heavy atom. The minimum atomic E-state index is -2.09. The highest BCUT2D eigenvalue weighted by Crippen LogP contribution is 2.58. The van der Waals surface area contributed by atoms with Crippen LogP contribution in [0.15, 0.2) is 36.4 Å². The number of esters is 1. The summed E-state index contributed by atoms with van der Waals surface area (Å²) in [6.45, 7) is 19.1. The van der Waals surface area contributed by atoms with Crippen molar-refractivity contribution in [3.05, 3.63) is 69.2 Å². The summed E-state index contributed by atoms with van der Waals surface area (Å²) >= 11 is 12.4. The van der Waals surface area contributed by atoms with E-state index in [0.717, 1.165) is 0 Å². The topological polar surface area (TPSA) is 64.8 Å². The van der Waals surface area contributed by atoms with Crippen molar-refractivity contribution in [1.82, 2.24) is 4.90 Å². The van der Waals surface area contributed by atoms with Crippen molar-refractivity contribution in [2.75, 3.05) is 6.61 Å². The first-order valence-corrected chi connectivity index (χ1v) is 17.6. The van der Waals surface area contributed by atoms with Gasteiger partial charge in [0.2, 0.25) is 0 Å². The van der Waals surface area contributed by atoms with Crippen LogP contribution in [-0.4, -0.2) is 43.6 Å². The molecule has 41 heavy (non-hydrogen) atoms. The van der Waals surface area contributed by atoms with Crippen LogP contribution in [0.1, 0.15) is 71.9 Å². The van der Waals surface area contributed by atoms with Crippen LogP contribution in [0.4, 0.5) is 8.78 Å². The molecule has 0 spiro atoms.